The van der Waals surface area contributed by atoms with E-state index in [2.05, 4.69) is 54.5 Å². The van der Waals surface area contributed by atoms with Gasteiger partial charge in [0.1, 0.15) is 97.7 Å². The summed E-state index contributed by atoms with van der Waals surface area (Å²) in [6, 6.07) is 0. The molecule has 4 heterocycles. The van der Waals surface area contributed by atoms with Crippen molar-refractivity contribution < 1.29 is 114 Å². The van der Waals surface area contributed by atoms with E-state index in [0.717, 1.165) is 32.1 Å². The Labute approximate surface area is 449 Å². The van der Waals surface area contributed by atoms with E-state index in [0.29, 0.717) is 32.1 Å². The van der Waals surface area contributed by atoms with Crippen molar-refractivity contribution in [2.24, 2.45) is 50.2 Å². The molecule has 0 spiro atoms. The number of aliphatic hydroxyl groups excluding tert-OH is 14. The van der Waals surface area contributed by atoms with E-state index in [1.54, 1.807) is 0 Å². The first-order valence-electron chi connectivity index (χ1n) is 27.8. The topological polar surface area (TPSA) is 374 Å². The minimum Gasteiger partial charge on any atom is -0.432 e. The second-order valence-electron chi connectivity index (χ2n) is 26.3. The molecule has 28 atom stereocenters. The third-order valence-corrected chi connectivity index (χ3v) is 21.4. The molecule has 9 rings (SSSR count). The van der Waals surface area contributed by atoms with Crippen LogP contribution >= 0.6 is 0 Å². The fourth-order valence-electron chi connectivity index (χ4n) is 16.4. The van der Waals surface area contributed by atoms with E-state index in [4.69, 9.17) is 37.9 Å². The summed E-state index contributed by atoms with van der Waals surface area (Å²) in [6.45, 7) is 13.2. The lowest BCUT2D eigenvalue weighted by molar-refractivity contribution is -0.378. The second kappa shape index (κ2) is 21.8. The predicted molar refractivity (Wildman–Crippen MR) is 263 cm³/mol. The van der Waals surface area contributed by atoms with Crippen LogP contribution in [0.3, 0.4) is 0 Å². The van der Waals surface area contributed by atoms with E-state index >= 15 is 4.79 Å². The van der Waals surface area contributed by atoms with Gasteiger partial charge >= 0.3 is 5.97 Å². The van der Waals surface area contributed by atoms with Gasteiger partial charge in [0.2, 0.25) is 6.29 Å². The quantitative estimate of drug-likeness (QED) is 0.0569. The molecule has 4 saturated heterocycles. The Hall–Kier alpha value is -1.63. The molecule has 77 heavy (non-hydrogen) atoms. The molecule has 5 aliphatic carbocycles. The van der Waals surface area contributed by atoms with Gasteiger partial charge in [0.15, 0.2) is 18.9 Å². The lowest BCUT2D eigenvalue weighted by Crippen LogP contribution is -2.67. The van der Waals surface area contributed by atoms with Crippen LogP contribution in [0.5, 0.6) is 0 Å². The van der Waals surface area contributed by atoms with Crippen molar-refractivity contribution in [1.29, 1.82) is 0 Å². The van der Waals surface area contributed by atoms with Crippen molar-refractivity contribution in [3.8, 4) is 0 Å². The summed E-state index contributed by atoms with van der Waals surface area (Å²) in [5, 5.41) is 148. The molecule has 0 amide bonds. The van der Waals surface area contributed by atoms with Crippen LogP contribution in [0.2, 0.25) is 0 Å². The number of rotatable bonds is 12. The Kier molecular flexibility index (Phi) is 17.0. The van der Waals surface area contributed by atoms with Crippen LogP contribution in [-0.2, 0) is 42.7 Å². The molecular formula is C54H88O23. The van der Waals surface area contributed by atoms with E-state index in [9.17, 15) is 71.5 Å². The SMILES string of the molecule is CC1(C)CC[C@]2(C(=O)O[C@@H]3O[C@H](CO[C@@H]4O[C@H](CO)[C@@H](O)[C@H](O)[C@H]4O)[C@@H](O)[C@H](O)[C@H]3O)CC[C@]3(C)C(=CCC4[C@@]5(C)CC[C@H](O[C@@H]6O[C@H](CO)[C@@H](O)[C@H](O)[C@H]6O[C@H]6O[C@@H](CO)[C@H](O)[C@@H](O)[C@@H]6O)C(C)(C)C5CC[C@]43C)C2C1. The highest BCUT2D eigenvalue weighted by molar-refractivity contribution is 5.79. The molecule has 23 heteroatoms. The van der Waals surface area contributed by atoms with Gasteiger partial charge in [0, 0.05) is 0 Å². The average molecular weight is 1110 g/mol. The van der Waals surface area contributed by atoms with Crippen molar-refractivity contribution in [2.75, 3.05) is 26.4 Å². The molecule has 14 N–H and O–H groups in total. The molecule has 3 unspecified atom stereocenters. The highest BCUT2D eigenvalue weighted by atomic mass is 16.8. The van der Waals surface area contributed by atoms with Crippen LogP contribution in [0.1, 0.15) is 113 Å². The van der Waals surface area contributed by atoms with Gasteiger partial charge in [-0.25, -0.2) is 0 Å². The zero-order chi connectivity index (χ0) is 56.3. The zero-order valence-electron chi connectivity index (χ0n) is 45.3. The first kappa shape index (κ1) is 60.0. The number of hydrogen-bond donors (Lipinski definition) is 14. The summed E-state index contributed by atoms with van der Waals surface area (Å²) in [7, 11) is 0. The van der Waals surface area contributed by atoms with Crippen molar-refractivity contribution in [2.45, 2.75) is 242 Å². The highest BCUT2D eigenvalue weighted by Gasteiger charge is 2.70. The average Bonchev–Trinajstić information content (AvgIpc) is 3.51. The molecule has 0 aromatic rings. The number of allylic oxidation sites excluding steroid dienone is 2. The fourth-order valence-corrected chi connectivity index (χ4v) is 16.4. The lowest BCUT2D eigenvalue weighted by atomic mass is 9.33. The largest absolute Gasteiger partial charge is 0.432 e. The van der Waals surface area contributed by atoms with E-state index < -0.39 is 172 Å². The molecule has 442 valence electrons. The number of ether oxygens (including phenoxy) is 8. The van der Waals surface area contributed by atoms with E-state index in [1.807, 2.05) is 0 Å². The summed E-state index contributed by atoms with van der Waals surface area (Å²) in [6.07, 6.45) is -23.5. The maximum absolute atomic E-state index is 15.1. The van der Waals surface area contributed by atoms with Gasteiger partial charge in [-0.3, -0.25) is 4.79 Å². The van der Waals surface area contributed by atoms with Crippen molar-refractivity contribution in [3.05, 3.63) is 11.6 Å². The number of aliphatic hydroxyl groups is 14. The number of carbonyl (C=O) groups excluding carboxylic acids is 1. The smallest absolute Gasteiger partial charge is 0.315 e. The molecule has 8 fully saturated rings. The molecule has 0 bridgehead atoms. The van der Waals surface area contributed by atoms with Crippen molar-refractivity contribution in [1.82, 2.24) is 0 Å². The van der Waals surface area contributed by atoms with Gasteiger partial charge in [0.05, 0.1) is 37.9 Å². The Morgan fingerprint density at radius 3 is 1.68 bits per heavy atom. The zero-order valence-corrected chi connectivity index (χ0v) is 45.3. The van der Waals surface area contributed by atoms with Gasteiger partial charge in [-0.2, -0.15) is 0 Å². The minimum atomic E-state index is -1.84. The Morgan fingerprint density at radius 1 is 0.545 bits per heavy atom. The molecular weight excluding hydrogens is 1020 g/mol. The maximum atomic E-state index is 15.1. The summed E-state index contributed by atoms with van der Waals surface area (Å²) < 4.78 is 47.7. The van der Waals surface area contributed by atoms with Gasteiger partial charge in [0.25, 0.3) is 0 Å². The van der Waals surface area contributed by atoms with Gasteiger partial charge in [-0.15, -0.1) is 0 Å². The molecule has 0 aromatic carbocycles. The summed E-state index contributed by atoms with van der Waals surface area (Å²) >= 11 is 0. The maximum Gasteiger partial charge on any atom is 0.315 e. The minimum absolute atomic E-state index is 0.108. The first-order chi connectivity index (χ1) is 36.0. The van der Waals surface area contributed by atoms with Crippen molar-refractivity contribution in [3.63, 3.8) is 0 Å². The van der Waals surface area contributed by atoms with Gasteiger partial charge in [-0.05, 0) is 109 Å². The van der Waals surface area contributed by atoms with Crippen molar-refractivity contribution >= 4 is 5.97 Å². The Morgan fingerprint density at radius 2 is 1.06 bits per heavy atom. The predicted octanol–water partition coefficient (Wildman–Crippen LogP) is -2.04. The fraction of sp³-hybridized carbons (Fsp3) is 0.944. The third kappa shape index (κ3) is 9.90. The lowest BCUT2D eigenvalue weighted by Gasteiger charge is -2.71. The standard InChI is InChI=1S/C54H88O23/c1-49(2)14-16-54(48(69)77-46-42(68)38(64)35(61)28(74-46)22-70-44-40(66)36(62)32(58)25(19-55)71-44)17-15-52(6)23(24(54)18-49)8-9-30-51(5)12-11-31(50(3,4)29(51)10-13-53(30,52)7)75-47-43(39(65)34(60)27(21-57)73-47)76-45-41(67)37(63)33(59)26(20-56)72-45/h8,24-47,55-68H,9-22H2,1-7H3/t24?,25-,26+,27-,28-,29?,30?,31+,32-,33+,34-,35-,36+,37-,38+,39+,40-,41+,42-,43-,44-,45-,46+,47+,51+,52-,53-,54+/m1/s1. The van der Waals surface area contributed by atoms with E-state index in [1.165, 1.54) is 5.57 Å². The third-order valence-electron chi connectivity index (χ3n) is 21.4. The first-order valence-corrected chi connectivity index (χ1v) is 27.8. The molecule has 0 aromatic heterocycles. The van der Waals surface area contributed by atoms with Crippen LogP contribution in [0.25, 0.3) is 0 Å². The number of carbonyl (C=O) groups is 1. The van der Waals surface area contributed by atoms with Crippen LogP contribution in [-0.4, -0.2) is 233 Å². The Balaban J connectivity index is 0.930. The Bertz CT molecular complexity index is 2110. The summed E-state index contributed by atoms with van der Waals surface area (Å²) in [5.41, 5.74) is -1.25. The van der Waals surface area contributed by atoms with Crippen LogP contribution in [0.4, 0.5) is 0 Å². The van der Waals surface area contributed by atoms with Crippen LogP contribution < -0.4 is 0 Å². The number of esters is 1. The monoisotopic (exact) mass is 1100 g/mol. The summed E-state index contributed by atoms with van der Waals surface area (Å²) in [5.74, 6) is -0.520. The number of fused-ring (bicyclic) bond motifs is 7. The van der Waals surface area contributed by atoms with Crippen LogP contribution in [0, 0.1) is 50.2 Å². The molecule has 4 aliphatic heterocycles. The molecule has 9 aliphatic rings. The summed E-state index contributed by atoms with van der Waals surface area (Å²) in [4.78, 5) is 15.1. The normalized spacial score (nSPS) is 53.4. The van der Waals surface area contributed by atoms with Gasteiger partial charge in [-0.1, -0.05) is 60.1 Å². The molecule has 23 nitrogen and oxygen atoms in total. The van der Waals surface area contributed by atoms with Crippen LogP contribution in [0.15, 0.2) is 11.6 Å². The highest BCUT2D eigenvalue weighted by Crippen LogP contribution is 2.76. The number of hydrogen-bond acceptors (Lipinski definition) is 23. The van der Waals surface area contributed by atoms with E-state index in [-0.39, 0.29) is 39.4 Å². The molecule has 4 saturated carbocycles. The molecule has 0 radical (unpaired) electrons. The second-order valence-corrected chi connectivity index (χ2v) is 26.3. The van der Waals surface area contributed by atoms with Gasteiger partial charge < -0.3 is 109 Å².